The van der Waals surface area contributed by atoms with E-state index in [1.807, 2.05) is 6.92 Å². The van der Waals surface area contributed by atoms with E-state index >= 15 is 0 Å². The second kappa shape index (κ2) is 5.36. The summed E-state index contributed by atoms with van der Waals surface area (Å²) in [5, 5.41) is 10.7. The van der Waals surface area contributed by atoms with Crippen LogP contribution in [-0.2, 0) is 9.53 Å². The van der Waals surface area contributed by atoms with Crippen LogP contribution in [0.25, 0.3) is 0 Å². The molecule has 102 valence electrons. The van der Waals surface area contributed by atoms with E-state index in [-0.39, 0.29) is 17.5 Å². The van der Waals surface area contributed by atoms with Crippen LogP contribution in [0.2, 0.25) is 0 Å². The molecule has 1 aliphatic heterocycles. The number of nitrogens with zero attached hydrogens (tertiary/aromatic N) is 2. The zero-order chi connectivity index (χ0) is 14.0. The quantitative estimate of drug-likeness (QED) is 0.618. The van der Waals surface area contributed by atoms with E-state index in [1.54, 1.807) is 19.2 Å². The zero-order valence-electron chi connectivity index (χ0n) is 10.9. The Balaban J connectivity index is 2.19. The van der Waals surface area contributed by atoms with Gasteiger partial charge in [-0.05, 0) is 18.4 Å². The summed E-state index contributed by atoms with van der Waals surface area (Å²) in [6.45, 7) is 2.55. The van der Waals surface area contributed by atoms with E-state index in [2.05, 4.69) is 0 Å². The summed E-state index contributed by atoms with van der Waals surface area (Å²) in [6, 6.07) is 6.02. The number of ether oxygens (including phenoxy) is 1. The average Bonchev–Trinajstić information content (AvgIpc) is 2.83. The lowest BCUT2D eigenvalue weighted by atomic mass is 10.0. The lowest BCUT2D eigenvalue weighted by Gasteiger charge is -2.22. The van der Waals surface area contributed by atoms with Crippen LogP contribution in [0, 0.1) is 16.0 Å². The number of amides is 1. The highest BCUT2D eigenvalue weighted by atomic mass is 16.6. The van der Waals surface area contributed by atoms with E-state index in [9.17, 15) is 14.9 Å². The summed E-state index contributed by atoms with van der Waals surface area (Å²) in [4.78, 5) is 23.9. The van der Waals surface area contributed by atoms with Gasteiger partial charge in [0.15, 0.2) is 0 Å². The summed E-state index contributed by atoms with van der Waals surface area (Å²) < 4.78 is 5.42. The third-order valence-electron chi connectivity index (χ3n) is 3.39. The summed E-state index contributed by atoms with van der Waals surface area (Å²) >= 11 is 0. The van der Waals surface area contributed by atoms with Crippen LogP contribution in [0.5, 0.6) is 0 Å². The molecule has 1 fully saturated rings. The highest BCUT2D eigenvalue weighted by Crippen LogP contribution is 2.25. The predicted molar refractivity (Wildman–Crippen MR) is 70.0 cm³/mol. The second-order valence-corrected chi connectivity index (χ2v) is 4.73. The molecule has 0 saturated carbocycles. The van der Waals surface area contributed by atoms with Crippen LogP contribution in [0.15, 0.2) is 24.3 Å². The van der Waals surface area contributed by atoms with Crippen molar-refractivity contribution in [3.05, 3.63) is 34.4 Å². The van der Waals surface area contributed by atoms with Gasteiger partial charge in [0, 0.05) is 25.8 Å². The van der Waals surface area contributed by atoms with E-state index in [4.69, 9.17) is 4.74 Å². The van der Waals surface area contributed by atoms with Crippen LogP contribution in [0.4, 0.5) is 11.4 Å². The molecule has 6 nitrogen and oxygen atoms in total. The number of hydrogen-bond acceptors (Lipinski definition) is 4. The molecule has 0 N–H and O–H groups in total. The fraction of sp³-hybridized carbons (Fsp3) is 0.462. The number of non-ortho nitro benzene ring substituents is 1. The Hall–Kier alpha value is -1.95. The van der Waals surface area contributed by atoms with Crippen molar-refractivity contribution in [3.63, 3.8) is 0 Å². The molecule has 0 aliphatic carbocycles. The van der Waals surface area contributed by atoms with Crippen molar-refractivity contribution in [2.24, 2.45) is 5.92 Å². The SMILES string of the molecule is C[C@H]1CCO[C@@H]1C(=O)N(C)c1cccc([N+](=O)[O-])c1. The van der Waals surface area contributed by atoms with Gasteiger partial charge in [0.1, 0.15) is 6.10 Å². The van der Waals surface area contributed by atoms with Crippen molar-refractivity contribution in [3.8, 4) is 0 Å². The van der Waals surface area contributed by atoms with E-state index in [0.717, 1.165) is 6.42 Å². The maximum Gasteiger partial charge on any atom is 0.271 e. The Labute approximate surface area is 111 Å². The van der Waals surface area contributed by atoms with Gasteiger partial charge in [-0.3, -0.25) is 14.9 Å². The first kappa shape index (κ1) is 13.5. The number of likely N-dealkylation sites (N-methyl/N-ethyl adjacent to an activating group) is 1. The first-order valence-corrected chi connectivity index (χ1v) is 6.14. The summed E-state index contributed by atoms with van der Waals surface area (Å²) in [7, 11) is 1.61. The largest absolute Gasteiger partial charge is 0.368 e. The lowest BCUT2D eigenvalue weighted by molar-refractivity contribution is -0.384. The lowest BCUT2D eigenvalue weighted by Crippen LogP contribution is -2.38. The first-order valence-electron chi connectivity index (χ1n) is 6.14. The van der Waals surface area contributed by atoms with Crippen molar-refractivity contribution < 1.29 is 14.5 Å². The number of anilines is 1. The standard InChI is InChI=1S/C13H16N2O4/c1-9-6-7-19-12(9)13(16)14(2)10-4-3-5-11(8-10)15(17)18/h3-5,8-9,12H,6-7H2,1-2H3/t9-,12-/m0/s1. The smallest absolute Gasteiger partial charge is 0.271 e. The van der Waals surface area contributed by atoms with Crippen LogP contribution in [0.1, 0.15) is 13.3 Å². The Morgan fingerprint density at radius 3 is 2.84 bits per heavy atom. The van der Waals surface area contributed by atoms with Crippen LogP contribution < -0.4 is 4.90 Å². The van der Waals surface area contributed by atoms with Gasteiger partial charge in [0.05, 0.1) is 10.6 Å². The van der Waals surface area contributed by atoms with Gasteiger partial charge in [-0.25, -0.2) is 0 Å². The molecule has 2 rings (SSSR count). The fourth-order valence-electron chi connectivity index (χ4n) is 2.14. The molecule has 1 aromatic rings. The third kappa shape index (κ3) is 2.73. The molecule has 0 bridgehead atoms. The van der Waals surface area contributed by atoms with E-state index in [1.165, 1.54) is 17.0 Å². The molecule has 1 aliphatic rings. The Bertz CT molecular complexity index is 503. The van der Waals surface area contributed by atoms with E-state index in [0.29, 0.717) is 12.3 Å². The summed E-state index contributed by atoms with van der Waals surface area (Å²) in [5.74, 6) is 0.0131. The molecular formula is C13H16N2O4. The van der Waals surface area contributed by atoms with Gasteiger partial charge in [-0.2, -0.15) is 0 Å². The number of hydrogen-bond donors (Lipinski definition) is 0. The van der Waals surface area contributed by atoms with Crippen molar-refractivity contribution in [2.75, 3.05) is 18.6 Å². The summed E-state index contributed by atoms with van der Waals surface area (Å²) in [6.07, 6.45) is 0.406. The van der Waals surface area contributed by atoms with Gasteiger partial charge in [0.2, 0.25) is 0 Å². The first-order chi connectivity index (χ1) is 9.00. The minimum Gasteiger partial charge on any atom is -0.368 e. The number of carbonyl (C=O) groups is 1. The van der Waals surface area contributed by atoms with Crippen LogP contribution >= 0.6 is 0 Å². The predicted octanol–water partition coefficient (Wildman–Crippen LogP) is 1.98. The molecule has 0 spiro atoms. The Morgan fingerprint density at radius 1 is 1.53 bits per heavy atom. The molecule has 1 saturated heterocycles. The molecule has 0 unspecified atom stereocenters. The van der Waals surface area contributed by atoms with Crippen molar-refractivity contribution in [1.29, 1.82) is 0 Å². The maximum absolute atomic E-state index is 12.3. The van der Waals surface area contributed by atoms with Crippen LogP contribution in [-0.4, -0.2) is 30.6 Å². The second-order valence-electron chi connectivity index (χ2n) is 4.73. The fourth-order valence-corrected chi connectivity index (χ4v) is 2.14. The van der Waals surface area contributed by atoms with Crippen molar-refractivity contribution in [1.82, 2.24) is 0 Å². The topological polar surface area (TPSA) is 72.7 Å². The highest BCUT2D eigenvalue weighted by molar-refractivity contribution is 5.96. The van der Waals surface area contributed by atoms with Crippen molar-refractivity contribution >= 4 is 17.3 Å². The Morgan fingerprint density at radius 2 is 2.26 bits per heavy atom. The van der Waals surface area contributed by atoms with Crippen molar-refractivity contribution in [2.45, 2.75) is 19.4 Å². The molecule has 2 atom stereocenters. The van der Waals surface area contributed by atoms with Gasteiger partial charge >= 0.3 is 0 Å². The molecule has 0 radical (unpaired) electrons. The number of nitro groups is 1. The third-order valence-corrected chi connectivity index (χ3v) is 3.39. The molecule has 0 aromatic heterocycles. The normalized spacial score (nSPS) is 22.2. The number of rotatable bonds is 3. The van der Waals surface area contributed by atoms with Gasteiger partial charge < -0.3 is 9.64 Å². The minimum atomic E-state index is -0.476. The monoisotopic (exact) mass is 264 g/mol. The zero-order valence-corrected chi connectivity index (χ0v) is 10.9. The van der Waals surface area contributed by atoms with Gasteiger partial charge in [-0.1, -0.05) is 13.0 Å². The molecular weight excluding hydrogens is 248 g/mol. The minimum absolute atomic E-state index is 0.0301. The van der Waals surface area contributed by atoms with E-state index < -0.39 is 11.0 Å². The Kier molecular flexibility index (Phi) is 3.80. The highest BCUT2D eigenvalue weighted by Gasteiger charge is 2.33. The molecule has 1 amide bonds. The number of carbonyl (C=O) groups excluding carboxylic acids is 1. The number of benzene rings is 1. The summed E-state index contributed by atoms with van der Waals surface area (Å²) in [5.41, 5.74) is 0.472. The molecule has 19 heavy (non-hydrogen) atoms. The average molecular weight is 264 g/mol. The molecule has 6 heteroatoms. The van der Waals surface area contributed by atoms with Gasteiger partial charge in [-0.15, -0.1) is 0 Å². The maximum atomic E-state index is 12.3. The molecule has 1 heterocycles. The number of nitro benzene ring substituents is 1. The van der Waals surface area contributed by atoms with Gasteiger partial charge in [0.25, 0.3) is 11.6 Å². The molecule has 1 aromatic carbocycles. The van der Waals surface area contributed by atoms with Crippen LogP contribution in [0.3, 0.4) is 0 Å².